The summed E-state index contributed by atoms with van der Waals surface area (Å²) >= 11 is 0. The number of benzene rings is 1. The van der Waals surface area contributed by atoms with E-state index in [9.17, 15) is 14.0 Å². The number of halogens is 1. The largest absolute Gasteiger partial charge is 0.427 e. The molecule has 4 aliphatic rings. The number of aryl methyl sites for hydroxylation is 1. The second-order valence-corrected chi connectivity index (χ2v) is 10.5. The van der Waals surface area contributed by atoms with Gasteiger partial charge >= 0.3 is 5.97 Å². The Kier molecular flexibility index (Phi) is 4.66. The SMILES string of the molecule is CC(=O)Oc1ccc2c(c1)CC[C@@H]1[C@@H]2CC[C@@]2(C)[C@H]1C[C@H]1OC(C)(C)O[C@]12C(=O)CF. The first-order chi connectivity index (χ1) is 14.6. The average molecular weight is 431 g/mol. The van der Waals surface area contributed by atoms with E-state index in [1.54, 1.807) is 0 Å². The topological polar surface area (TPSA) is 61.8 Å². The number of carbonyl (C=O) groups is 2. The Balaban J connectivity index is 1.49. The number of hydrogen-bond acceptors (Lipinski definition) is 5. The molecular formula is C25H31FO5. The van der Waals surface area contributed by atoms with Crippen LogP contribution >= 0.6 is 0 Å². The van der Waals surface area contributed by atoms with Crippen LogP contribution in [0.2, 0.25) is 0 Å². The summed E-state index contributed by atoms with van der Waals surface area (Å²) in [6.07, 6.45) is 3.96. The van der Waals surface area contributed by atoms with E-state index in [1.807, 2.05) is 26.0 Å². The van der Waals surface area contributed by atoms with Crippen LogP contribution in [0.5, 0.6) is 5.75 Å². The number of hydrogen-bond donors (Lipinski definition) is 0. The molecule has 1 aromatic rings. The van der Waals surface area contributed by atoms with Gasteiger partial charge in [0.25, 0.3) is 0 Å². The van der Waals surface area contributed by atoms with E-state index >= 15 is 0 Å². The highest BCUT2D eigenvalue weighted by Crippen LogP contribution is 2.68. The van der Waals surface area contributed by atoms with Gasteiger partial charge in [0.2, 0.25) is 0 Å². The molecule has 168 valence electrons. The summed E-state index contributed by atoms with van der Waals surface area (Å²) in [5.41, 5.74) is 0.926. The van der Waals surface area contributed by atoms with Crippen LogP contribution in [0.25, 0.3) is 0 Å². The van der Waals surface area contributed by atoms with Gasteiger partial charge in [-0.1, -0.05) is 13.0 Å². The lowest BCUT2D eigenvalue weighted by atomic mass is 9.52. The molecule has 31 heavy (non-hydrogen) atoms. The summed E-state index contributed by atoms with van der Waals surface area (Å²) in [4.78, 5) is 24.3. The minimum Gasteiger partial charge on any atom is -0.427 e. The number of esters is 1. The number of alkyl halides is 1. The minimum atomic E-state index is -1.19. The van der Waals surface area contributed by atoms with Gasteiger partial charge in [-0.25, -0.2) is 4.39 Å². The molecule has 6 heteroatoms. The second kappa shape index (κ2) is 6.85. The molecule has 2 saturated carbocycles. The van der Waals surface area contributed by atoms with Crippen LogP contribution in [0.1, 0.15) is 70.4 Å². The number of rotatable bonds is 3. The van der Waals surface area contributed by atoms with Crippen LogP contribution in [0.4, 0.5) is 4.39 Å². The predicted molar refractivity (Wildman–Crippen MR) is 112 cm³/mol. The molecule has 3 fully saturated rings. The lowest BCUT2D eigenvalue weighted by molar-refractivity contribution is -0.210. The average Bonchev–Trinajstić information content (AvgIpc) is 3.12. The Morgan fingerprint density at radius 2 is 2.00 bits per heavy atom. The van der Waals surface area contributed by atoms with Gasteiger partial charge in [0.1, 0.15) is 5.75 Å². The molecule has 0 amide bonds. The summed E-state index contributed by atoms with van der Waals surface area (Å²) in [7, 11) is 0. The summed E-state index contributed by atoms with van der Waals surface area (Å²) in [6.45, 7) is 6.16. The third kappa shape index (κ3) is 2.87. The number of carbonyl (C=O) groups excluding carboxylic acids is 2. The summed E-state index contributed by atoms with van der Waals surface area (Å²) in [6, 6.07) is 5.97. The molecule has 0 bridgehead atoms. The minimum absolute atomic E-state index is 0.240. The summed E-state index contributed by atoms with van der Waals surface area (Å²) < 4.78 is 31.6. The predicted octanol–water partition coefficient (Wildman–Crippen LogP) is 4.51. The zero-order chi connectivity index (χ0) is 22.2. The van der Waals surface area contributed by atoms with Crippen molar-refractivity contribution in [2.45, 2.75) is 83.2 Å². The van der Waals surface area contributed by atoms with Crippen molar-refractivity contribution in [3.05, 3.63) is 29.3 Å². The maximum atomic E-state index is 13.8. The fraction of sp³-hybridized carbons (Fsp3) is 0.680. The fourth-order valence-electron chi connectivity index (χ4n) is 7.49. The van der Waals surface area contributed by atoms with Gasteiger partial charge in [0, 0.05) is 12.3 Å². The Hall–Kier alpha value is -1.79. The van der Waals surface area contributed by atoms with E-state index in [-0.39, 0.29) is 11.9 Å². The van der Waals surface area contributed by atoms with Gasteiger partial charge in [0.15, 0.2) is 23.8 Å². The van der Waals surface area contributed by atoms with Crippen LogP contribution in [0.15, 0.2) is 18.2 Å². The molecule has 0 radical (unpaired) electrons. The van der Waals surface area contributed by atoms with Crippen molar-refractivity contribution < 1.29 is 28.2 Å². The quantitative estimate of drug-likeness (QED) is 0.522. The fourth-order valence-corrected chi connectivity index (χ4v) is 7.49. The Bertz CT molecular complexity index is 942. The monoisotopic (exact) mass is 430 g/mol. The maximum Gasteiger partial charge on any atom is 0.308 e. The standard InChI is InChI=1S/C25H31FO5/c1-14(27)29-16-6-8-17-15(11-16)5-7-19-18(17)9-10-24(4)20(19)12-22-25(24,21(28)13-26)31-23(2,3)30-22/h6,8,11,18-20,22H,5,7,9-10,12-13H2,1-4H3/t18-,19-,20+,22-,24+,25-/m1/s1. The highest BCUT2D eigenvalue weighted by atomic mass is 19.1. The molecule has 1 aliphatic heterocycles. The molecule has 5 nitrogen and oxygen atoms in total. The van der Waals surface area contributed by atoms with Gasteiger partial charge in [-0.2, -0.15) is 0 Å². The molecule has 0 spiro atoms. The van der Waals surface area contributed by atoms with E-state index in [0.717, 1.165) is 32.1 Å². The van der Waals surface area contributed by atoms with Crippen molar-refractivity contribution in [2.24, 2.45) is 17.3 Å². The van der Waals surface area contributed by atoms with Crippen LogP contribution in [0.3, 0.4) is 0 Å². The first-order valence-electron chi connectivity index (χ1n) is 11.4. The molecule has 1 heterocycles. The van der Waals surface area contributed by atoms with Gasteiger partial charge < -0.3 is 14.2 Å². The van der Waals surface area contributed by atoms with Crippen molar-refractivity contribution in [3.63, 3.8) is 0 Å². The van der Waals surface area contributed by atoms with Crippen LogP contribution in [-0.2, 0) is 25.5 Å². The lowest BCUT2D eigenvalue weighted by Crippen LogP contribution is -2.59. The molecule has 1 saturated heterocycles. The van der Waals surface area contributed by atoms with Crippen molar-refractivity contribution in [3.8, 4) is 5.75 Å². The molecule has 3 aliphatic carbocycles. The zero-order valence-corrected chi connectivity index (χ0v) is 18.7. The number of Topliss-reactive ketones (excluding diaryl/α,β-unsaturated/α-hetero) is 1. The Morgan fingerprint density at radius 1 is 1.23 bits per heavy atom. The first kappa shape index (κ1) is 21.1. The number of ketones is 1. The van der Waals surface area contributed by atoms with Crippen LogP contribution in [-0.4, -0.2) is 35.9 Å². The number of ether oxygens (including phenoxy) is 3. The third-order valence-electron chi connectivity index (χ3n) is 8.49. The van der Waals surface area contributed by atoms with Gasteiger partial charge in [0.05, 0.1) is 6.10 Å². The smallest absolute Gasteiger partial charge is 0.308 e. The summed E-state index contributed by atoms with van der Waals surface area (Å²) in [5, 5.41) is 0. The first-order valence-corrected chi connectivity index (χ1v) is 11.4. The van der Waals surface area contributed by atoms with Gasteiger partial charge in [-0.3, -0.25) is 9.59 Å². The second-order valence-electron chi connectivity index (χ2n) is 10.5. The molecule has 0 unspecified atom stereocenters. The molecule has 1 aromatic carbocycles. The molecular weight excluding hydrogens is 399 g/mol. The van der Waals surface area contributed by atoms with Crippen LogP contribution < -0.4 is 4.74 Å². The Labute approximate surface area is 182 Å². The third-order valence-corrected chi connectivity index (χ3v) is 8.49. The van der Waals surface area contributed by atoms with Crippen molar-refractivity contribution in [1.82, 2.24) is 0 Å². The molecule has 5 rings (SSSR count). The van der Waals surface area contributed by atoms with E-state index in [0.29, 0.717) is 17.6 Å². The van der Waals surface area contributed by atoms with Crippen molar-refractivity contribution in [2.75, 3.05) is 6.67 Å². The van der Waals surface area contributed by atoms with E-state index in [1.165, 1.54) is 18.1 Å². The molecule has 6 atom stereocenters. The van der Waals surface area contributed by atoms with Gasteiger partial charge in [-0.15, -0.1) is 0 Å². The van der Waals surface area contributed by atoms with Crippen molar-refractivity contribution in [1.29, 1.82) is 0 Å². The van der Waals surface area contributed by atoms with Gasteiger partial charge in [-0.05, 0) is 87.0 Å². The van der Waals surface area contributed by atoms with Crippen molar-refractivity contribution >= 4 is 11.8 Å². The van der Waals surface area contributed by atoms with E-state index in [2.05, 4.69) is 13.0 Å². The van der Waals surface area contributed by atoms with E-state index < -0.39 is 35.4 Å². The molecule has 0 N–H and O–H groups in total. The lowest BCUT2D eigenvalue weighted by Gasteiger charge is -2.53. The normalized spacial score (nSPS) is 39.8. The summed E-state index contributed by atoms with van der Waals surface area (Å²) in [5.74, 6) is -0.0406. The zero-order valence-electron chi connectivity index (χ0n) is 18.7. The Morgan fingerprint density at radius 3 is 2.71 bits per heavy atom. The highest BCUT2D eigenvalue weighted by molar-refractivity contribution is 5.91. The highest BCUT2D eigenvalue weighted by Gasteiger charge is 2.75. The molecule has 0 aromatic heterocycles. The number of fused-ring (bicyclic) bond motifs is 7. The van der Waals surface area contributed by atoms with E-state index in [4.69, 9.17) is 14.2 Å². The maximum absolute atomic E-state index is 13.8. The van der Waals surface area contributed by atoms with Crippen LogP contribution in [0, 0.1) is 17.3 Å².